The summed E-state index contributed by atoms with van der Waals surface area (Å²) in [6, 6.07) is 1.51. The number of rotatable bonds is 2. The molecule has 104 valence electrons. The number of hydrogen-bond donors (Lipinski definition) is 1. The van der Waals surface area contributed by atoms with Gasteiger partial charge in [-0.15, -0.1) is 0 Å². The molecule has 1 saturated heterocycles. The highest BCUT2D eigenvalue weighted by atomic mass is 19.1. The fraction of sp³-hybridized carbons (Fsp3) is 0.500. The van der Waals surface area contributed by atoms with E-state index in [0.29, 0.717) is 19.5 Å². The van der Waals surface area contributed by atoms with Crippen LogP contribution in [0.4, 0.5) is 20.2 Å². The Kier molecular flexibility index (Phi) is 3.66. The molecule has 0 saturated carbocycles. The minimum Gasteiger partial charge on any atom is -0.366 e. The highest BCUT2D eigenvalue weighted by Crippen LogP contribution is 2.30. The zero-order valence-corrected chi connectivity index (χ0v) is 10.5. The van der Waals surface area contributed by atoms with E-state index >= 15 is 0 Å². The number of non-ortho nitro benzene ring substituents is 1. The summed E-state index contributed by atoms with van der Waals surface area (Å²) in [5, 5.41) is 10.5. The summed E-state index contributed by atoms with van der Waals surface area (Å²) in [4.78, 5) is 11.3. The zero-order valence-electron chi connectivity index (χ0n) is 10.5. The van der Waals surface area contributed by atoms with Crippen molar-refractivity contribution in [1.29, 1.82) is 0 Å². The van der Waals surface area contributed by atoms with Crippen molar-refractivity contribution in [3.05, 3.63) is 33.9 Å². The predicted molar refractivity (Wildman–Crippen MR) is 67.0 cm³/mol. The van der Waals surface area contributed by atoms with E-state index in [4.69, 9.17) is 5.73 Å². The van der Waals surface area contributed by atoms with Gasteiger partial charge < -0.3 is 10.6 Å². The lowest BCUT2D eigenvalue weighted by Gasteiger charge is -2.36. The van der Waals surface area contributed by atoms with Crippen LogP contribution < -0.4 is 10.6 Å². The quantitative estimate of drug-likeness (QED) is 0.660. The molecule has 0 spiro atoms. The van der Waals surface area contributed by atoms with Crippen molar-refractivity contribution in [2.24, 2.45) is 11.7 Å². The number of anilines is 1. The first-order chi connectivity index (χ1) is 8.90. The summed E-state index contributed by atoms with van der Waals surface area (Å²) in [5.41, 5.74) is 5.07. The molecule has 19 heavy (non-hydrogen) atoms. The Balaban J connectivity index is 2.33. The second-order valence-corrected chi connectivity index (χ2v) is 4.89. The van der Waals surface area contributed by atoms with Gasteiger partial charge >= 0.3 is 0 Å². The molecule has 0 bridgehead atoms. The average molecular weight is 271 g/mol. The summed E-state index contributed by atoms with van der Waals surface area (Å²) in [5.74, 6) is -1.70. The molecule has 0 aromatic heterocycles. The number of nitrogens with two attached hydrogens (primary N) is 1. The van der Waals surface area contributed by atoms with E-state index in [0.717, 1.165) is 12.1 Å². The van der Waals surface area contributed by atoms with Gasteiger partial charge in [0, 0.05) is 19.1 Å². The fourth-order valence-corrected chi connectivity index (χ4v) is 2.33. The predicted octanol–water partition coefficient (Wildman–Crippen LogP) is 2.05. The largest absolute Gasteiger partial charge is 0.366 e. The molecular formula is C12H15F2N3O2. The first-order valence-electron chi connectivity index (χ1n) is 6.04. The maximum Gasteiger partial charge on any atom is 0.275 e. The second-order valence-electron chi connectivity index (χ2n) is 4.89. The van der Waals surface area contributed by atoms with Gasteiger partial charge in [-0.3, -0.25) is 10.1 Å². The molecule has 1 aliphatic rings. The van der Waals surface area contributed by atoms with Crippen molar-refractivity contribution in [2.75, 3.05) is 18.0 Å². The normalized spacial score (nSPS) is 23.5. The SMILES string of the molecule is CC1CN(c2c(F)cc([N+](=O)[O-])cc2F)CCC1N. The zero-order chi connectivity index (χ0) is 14.2. The third kappa shape index (κ3) is 2.65. The molecule has 1 fully saturated rings. The Morgan fingerprint density at radius 1 is 1.42 bits per heavy atom. The van der Waals surface area contributed by atoms with Crippen LogP contribution in [0.15, 0.2) is 12.1 Å². The standard InChI is InChI=1S/C12H15F2N3O2/c1-7-6-16(3-2-11(7)15)12-9(13)4-8(17(18)19)5-10(12)14/h4-5,7,11H,2-3,6,15H2,1H3. The monoisotopic (exact) mass is 271 g/mol. The molecule has 1 aliphatic heterocycles. The van der Waals surface area contributed by atoms with Crippen molar-refractivity contribution in [1.82, 2.24) is 0 Å². The topological polar surface area (TPSA) is 72.4 Å². The van der Waals surface area contributed by atoms with Crippen molar-refractivity contribution < 1.29 is 13.7 Å². The van der Waals surface area contributed by atoms with Crippen molar-refractivity contribution in [3.8, 4) is 0 Å². The lowest BCUT2D eigenvalue weighted by molar-refractivity contribution is -0.385. The van der Waals surface area contributed by atoms with Crippen LogP contribution in [-0.4, -0.2) is 24.1 Å². The molecule has 2 rings (SSSR count). The Bertz CT molecular complexity index is 487. The van der Waals surface area contributed by atoms with Gasteiger partial charge in [-0.2, -0.15) is 0 Å². The molecule has 7 heteroatoms. The Morgan fingerprint density at radius 2 is 2.00 bits per heavy atom. The first-order valence-corrected chi connectivity index (χ1v) is 6.04. The molecule has 0 amide bonds. The van der Waals surface area contributed by atoms with Crippen LogP contribution >= 0.6 is 0 Å². The number of nitro benzene ring substituents is 1. The molecule has 5 nitrogen and oxygen atoms in total. The smallest absolute Gasteiger partial charge is 0.275 e. The van der Waals surface area contributed by atoms with Crippen LogP contribution in [-0.2, 0) is 0 Å². The lowest BCUT2D eigenvalue weighted by Crippen LogP contribution is -2.46. The molecule has 2 N–H and O–H groups in total. The van der Waals surface area contributed by atoms with E-state index in [1.54, 1.807) is 4.90 Å². The van der Waals surface area contributed by atoms with Gasteiger partial charge in [0.15, 0.2) is 11.6 Å². The highest BCUT2D eigenvalue weighted by Gasteiger charge is 2.28. The highest BCUT2D eigenvalue weighted by molar-refractivity contribution is 5.54. The molecule has 2 unspecified atom stereocenters. The molecule has 0 radical (unpaired) electrons. The van der Waals surface area contributed by atoms with Gasteiger partial charge in [-0.25, -0.2) is 8.78 Å². The number of piperidine rings is 1. The molecule has 1 aromatic carbocycles. The van der Waals surface area contributed by atoms with E-state index in [2.05, 4.69) is 0 Å². The van der Waals surface area contributed by atoms with Gasteiger partial charge in [-0.1, -0.05) is 6.92 Å². The molecule has 0 aliphatic carbocycles. The van der Waals surface area contributed by atoms with Crippen LogP contribution in [0.2, 0.25) is 0 Å². The molecule has 2 atom stereocenters. The average Bonchev–Trinajstić information content (AvgIpc) is 2.32. The number of halogens is 2. The third-order valence-electron chi connectivity index (χ3n) is 3.50. The molecule has 1 heterocycles. The van der Waals surface area contributed by atoms with Gasteiger partial charge in [0.1, 0.15) is 5.69 Å². The number of benzene rings is 1. The lowest BCUT2D eigenvalue weighted by atomic mass is 9.94. The molecular weight excluding hydrogens is 256 g/mol. The van der Waals surface area contributed by atoms with Crippen LogP contribution in [0, 0.1) is 27.7 Å². The van der Waals surface area contributed by atoms with Crippen LogP contribution in [0.3, 0.4) is 0 Å². The summed E-state index contributed by atoms with van der Waals surface area (Å²) >= 11 is 0. The van der Waals surface area contributed by atoms with Crippen LogP contribution in [0.1, 0.15) is 13.3 Å². The second kappa shape index (κ2) is 5.08. The first kappa shape index (κ1) is 13.7. The van der Waals surface area contributed by atoms with Crippen molar-refractivity contribution in [3.63, 3.8) is 0 Å². The van der Waals surface area contributed by atoms with E-state index in [1.807, 2.05) is 6.92 Å². The minimum atomic E-state index is -0.908. The van der Waals surface area contributed by atoms with E-state index < -0.39 is 22.2 Å². The number of nitro groups is 1. The Hall–Kier alpha value is -1.76. The Morgan fingerprint density at radius 3 is 2.47 bits per heavy atom. The number of nitrogens with zero attached hydrogens (tertiary/aromatic N) is 2. The minimum absolute atomic E-state index is 0.0143. The fourth-order valence-electron chi connectivity index (χ4n) is 2.33. The van der Waals surface area contributed by atoms with Crippen molar-refractivity contribution in [2.45, 2.75) is 19.4 Å². The number of hydrogen-bond acceptors (Lipinski definition) is 4. The van der Waals surface area contributed by atoms with Crippen molar-refractivity contribution >= 4 is 11.4 Å². The third-order valence-corrected chi connectivity index (χ3v) is 3.50. The van der Waals surface area contributed by atoms with Gasteiger partial charge in [0.05, 0.1) is 17.1 Å². The summed E-state index contributed by atoms with van der Waals surface area (Å²) in [7, 11) is 0. The Labute approximate surface area is 109 Å². The van der Waals surface area contributed by atoms with E-state index in [9.17, 15) is 18.9 Å². The van der Waals surface area contributed by atoms with Gasteiger partial charge in [-0.05, 0) is 12.3 Å². The van der Waals surface area contributed by atoms with E-state index in [-0.39, 0.29) is 17.6 Å². The summed E-state index contributed by atoms with van der Waals surface area (Å²) in [6.07, 6.45) is 0.636. The van der Waals surface area contributed by atoms with Crippen LogP contribution in [0.25, 0.3) is 0 Å². The summed E-state index contributed by atoms with van der Waals surface area (Å²) < 4.78 is 27.7. The summed E-state index contributed by atoms with van der Waals surface area (Å²) in [6.45, 7) is 2.79. The maximum absolute atomic E-state index is 13.9. The molecule has 1 aromatic rings. The van der Waals surface area contributed by atoms with Gasteiger partial charge in [0.2, 0.25) is 0 Å². The van der Waals surface area contributed by atoms with Crippen LogP contribution in [0.5, 0.6) is 0 Å². The van der Waals surface area contributed by atoms with Gasteiger partial charge in [0.25, 0.3) is 5.69 Å². The maximum atomic E-state index is 13.9. The van der Waals surface area contributed by atoms with E-state index in [1.165, 1.54) is 0 Å².